The number of carbonyl (C=O) groups excluding carboxylic acids is 1. The third-order valence-corrected chi connectivity index (χ3v) is 2.82. The Morgan fingerprint density at radius 3 is 2.50 bits per heavy atom. The first-order valence-electron chi connectivity index (χ1n) is 6.37. The predicted octanol–water partition coefficient (Wildman–Crippen LogP) is 1.56. The van der Waals surface area contributed by atoms with Crippen molar-refractivity contribution in [1.29, 1.82) is 0 Å². The monoisotopic (exact) mass is 273 g/mol. The molecule has 0 aliphatic carbocycles. The summed E-state index contributed by atoms with van der Waals surface area (Å²) in [6, 6.07) is 5.56. The minimum atomic E-state index is -0.922. The number of carbonyl (C=O) groups is 1. The van der Waals surface area contributed by atoms with Crippen molar-refractivity contribution in [3.05, 3.63) is 35.8 Å². The maximum absolute atomic E-state index is 11.8. The third-order valence-electron chi connectivity index (χ3n) is 2.82. The zero-order valence-electron chi connectivity index (χ0n) is 12.1. The fourth-order valence-electron chi connectivity index (χ4n) is 1.74. The van der Waals surface area contributed by atoms with Crippen LogP contribution in [0.1, 0.15) is 25.2 Å². The average Bonchev–Trinajstić information content (AvgIpc) is 2.68. The van der Waals surface area contributed by atoms with Crippen LogP contribution in [0.2, 0.25) is 0 Å². The average molecular weight is 273 g/mol. The van der Waals surface area contributed by atoms with E-state index >= 15 is 0 Å². The standard InChI is InChI=1S/C14H19N5O/c1-9-7-10(2)19(18-9)12-6-5-11(8-16-12)17-13(20)14(3,4)15/h5-8H,15H2,1-4H3,(H,17,20). The lowest BCUT2D eigenvalue weighted by atomic mass is 10.1. The molecule has 0 unspecified atom stereocenters. The number of nitrogens with two attached hydrogens (primary N) is 1. The van der Waals surface area contributed by atoms with Gasteiger partial charge in [0.1, 0.15) is 0 Å². The fourth-order valence-corrected chi connectivity index (χ4v) is 1.74. The maximum atomic E-state index is 11.8. The molecule has 0 aliphatic rings. The van der Waals surface area contributed by atoms with E-state index in [4.69, 9.17) is 5.73 Å². The molecular formula is C14H19N5O. The van der Waals surface area contributed by atoms with E-state index in [0.29, 0.717) is 11.5 Å². The van der Waals surface area contributed by atoms with Crippen LogP contribution in [-0.4, -0.2) is 26.2 Å². The Balaban J connectivity index is 2.19. The zero-order valence-corrected chi connectivity index (χ0v) is 12.1. The third kappa shape index (κ3) is 3.03. The number of anilines is 1. The van der Waals surface area contributed by atoms with E-state index in [9.17, 15) is 4.79 Å². The summed E-state index contributed by atoms with van der Waals surface area (Å²) in [6.07, 6.45) is 1.59. The van der Waals surface area contributed by atoms with Crippen LogP contribution in [-0.2, 0) is 4.79 Å². The number of nitrogens with one attached hydrogen (secondary N) is 1. The number of rotatable bonds is 3. The number of hydrogen-bond acceptors (Lipinski definition) is 4. The smallest absolute Gasteiger partial charge is 0.243 e. The van der Waals surface area contributed by atoms with Gasteiger partial charge in [0, 0.05) is 5.69 Å². The molecule has 0 saturated carbocycles. The summed E-state index contributed by atoms with van der Waals surface area (Å²) in [6.45, 7) is 7.20. The summed E-state index contributed by atoms with van der Waals surface area (Å²) in [5, 5.41) is 7.08. The lowest BCUT2D eigenvalue weighted by Crippen LogP contribution is -2.45. The first kappa shape index (κ1) is 14.2. The lowest BCUT2D eigenvalue weighted by Gasteiger charge is -2.17. The van der Waals surface area contributed by atoms with Gasteiger partial charge < -0.3 is 11.1 Å². The van der Waals surface area contributed by atoms with Crippen molar-refractivity contribution in [3.63, 3.8) is 0 Å². The fraction of sp³-hybridized carbons (Fsp3) is 0.357. The number of aryl methyl sites for hydroxylation is 2. The summed E-state index contributed by atoms with van der Waals surface area (Å²) in [5.41, 5.74) is 7.36. The molecule has 1 amide bonds. The second-order valence-electron chi connectivity index (χ2n) is 5.42. The summed E-state index contributed by atoms with van der Waals surface area (Å²) < 4.78 is 1.76. The minimum Gasteiger partial charge on any atom is -0.323 e. The van der Waals surface area contributed by atoms with Gasteiger partial charge >= 0.3 is 0 Å². The van der Waals surface area contributed by atoms with Gasteiger partial charge in [0.15, 0.2) is 5.82 Å². The predicted molar refractivity (Wildman–Crippen MR) is 77.7 cm³/mol. The molecule has 2 aromatic rings. The highest BCUT2D eigenvalue weighted by Crippen LogP contribution is 2.13. The van der Waals surface area contributed by atoms with Gasteiger partial charge in [-0.1, -0.05) is 0 Å². The minimum absolute atomic E-state index is 0.252. The molecule has 2 rings (SSSR count). The van der Waals surface area contributed by atoms with Crippen molar-refractivity contribution in [2.75, 3.05) is 5.32 Å². The Labute approximate surface area is 118 Å². The van der Waals surface area contributed by atoms with Crippen LogP contribution in [0.3, 0.4) is 0 Å². The number of nitrogens with zero attached hydrogens (tertiary/aromatic N) is 3. The molecule has 0 bridgehead atoms. The van der Waals surface area contributed by atoms with Crippen molar-refractivity contribution in [2.24, 2.45) is 5.73 Å². The topological polar surface area (TPSA) is 85.8 Å². The van der Waals surface area contributed by atoms with Gasteiger partial charge in [0.05, 0.1) is 23.1 Å². The van der Waals surface area contributed by atoms with Crippen LogP contribution < -0.4 is 11.1 Å². The van der Waals surface area contributed by atoms with Gasteiger partial charge in [0.25, 0.3) is 0 Å². The molecule has 6 nitrogen and oxygen atoms in total. The van der Waals surface area contributed by atoms with E-state index in [-0.39, 0.29) is 5.91 Å². The number of aromatic nitrogens is 3. The molecule has 20 heavy (non-hydrogen) atoms. The lowest BCUT2D eigenvalue weighted by molar-refractivity contribution is -0.120. The highest BCUT2D eigenvalue weighted by molar-refractivity contribution is 5.97. The van der Waals surface area contributed by atoms with E-state index in [1.165, 1.54) is 0 Å². The Kier molecular flexibility index (Phi) is 3.59. The van der Waals surface area contributed by atoms with Gasteiger partial charge in [-0.15, -0.1) is 0 Å². The molecular weight excluding hydrogens is 254 g/mol. The molecule has 0 spiro atoms. The summed E-state index contributed by atoms with van der Waals surface area (Å²) in [5.74, 6) is 0.457. The van der Waals surface area contributed by atoms with Crippen LogP contribution in [0.5, 0.6) is 0 Å². The SMILES string of the molecule is Cc1cc(C)n(-c2ccc(NC(=O)C(C)(C)N)cn2)n1. The molecule has 0 aliphatic heterocycles. The Morgan fingerprint density at radius 2 is 2.05 bits per heavy atom. The maximum Gasteiger partial charge on any atom is 0.243 e. The number of amides is 1. The Morgan fingerprint density at radius 1 is 1.35 bits per heavy atom. The molecule has 3 N–H and O–H groups in total. The molecule has 6 heteroatoms. The molecule has 106 valence electrons. The van der Waals surface area contributed by atoms with Crippen molar-refractivity contribution >= 4 is 11.6 Å². The van der Waals surface area contributed by atoms with Crippen LogP contribution in [0.25, 0.3) is 5.82 Å². The van der Waals surface area contributed by atoms with Gasteiger partial charge in [-0.05, 0) is 45.9 Å². The van der Waals surface area contributed by atoms with E-state index in [2.05, 4.69) is 15.4 Å². The quantitative estimate of drug-likeness (QED) is 0.888. The Hall–Kier alpha value is -2.21. The molecule has 0 atom stereocenters. The number of hydrogen-bond donors (Lipinski definition) is 2. The first-order valence-corrected chi connectivity index (χ1v) is 6.37. The van der Waals surface area contributed by atoms with Gasteiger partial charge in [-0.3, -0.25) is 4.79 Å². The van der Waals surface area contributed by atoms with E-state index in [1.807, 2.05) is 19.9 Å². The highest BCUT2D eigenvalue weighted by atomic mass is 16.2. The van der Waals surface area contributed by atoms with E-state index in [1.54, 1.807) is 36.9 Å². The molecule has 0 aromatic carbocycles. The van der Waals surface area contributed by atoms with E-state index in [0.717, 1.165) is 11.4 Å². The van der Waals surface area contributed by atoms with Crippen LogP contribution in [0.4, 0.5) is 5.69 Å². The van der Waals surface area contributed by atoms with Crippen LogP contribution in [0.15, 0.2) is 24.4 Å². The van der Waals surface area contributed by atoms with Crippen molar-refractivity contribution in [3.8, 4) is 5.82 Å². The first-order chi connectivity index (χ1) is 9.27. The molecule has 0 radical (unpaired) electrons. The molecule has 2 heterocycles. The second kappa shape index (κ2) is 5.05. The molecule has 0 fully saturated rings. The van der Waals surface area contributed by atoms with Crippen molar-refractivity contribution < 1.29 is 4.79 Å². The second-order valence-corrected chi connectivity index (χ2v) is 5.42. The summed E-state index contributed by atoms with van der Waals surface area (Å²) in [4.78, 5) is 16.1. The van der Waals surface area contributed by atoms with Gasteiger partial charge in [-0.25, -0.2) is 9.67 Å². The van der Waals surface area contributed by atoms with Gasteiger partial charge in [-0.2, -0.15) is 5.10 Å². The number of pyridine rings is 1. The normalized spacial score (nSPS) is 11.4. The van der Waals surface area contributed by atoms with Crippen molar-refractivity contribution in [1.82, 2.24) is 14.8 Å². The summed E-state index contributed by atoms with van der Waals surface area (Å²) >= 11 is 0. The van der Waals surface area contributed by atoms with Crippen LogP contribution >= 0.6 is 0 Å². The van der Waals surface area contributed by atoms with Crippen LogP contribution in [0, 0.1) is 13.8 Å². The van der Waals surface area contributed by atoms with Gasteiger partial charge in [0.2, 0.25) is 5.91 Å². The largest absolute Gasteiger partial charge is 0.323 e. The molecule has 2 aromatic heterocycles. The summed E-state index contributed by atoms with van der Waals surface area (Å²) in [7, 11) is 0. The molecule has 0 saturated heterocycles. The van der Waals surface area contributed by atoms with Crippen molar-refractivity contribution in [2.45, 2.75) is 33.2 Å². The highest BCUT2D eigenvalue weighted by Gasteiger charge is 2.21. The van der Waals surface area contributed by atoms with E-state index < -0.39 is 5.54 Å². The Bertz CT molecular complexity index is 622. The zero-order chi connectivity index (χ0) is 14.9.